The fourth-order valence-corrected chi connectivity index (χ4v) is 8.18. The highest BCUT2D eigenvalue weighted by Gasteiger charge is 2.50. The molecule has 0 spiro atoms. The van der Waals surface area contributed by atoms with Crippen molar-refractivity contribution in [3.63, 3.8) is 0 Å². The molecular formula is C28H44N7O17P3S. The number of fused-ring (bicyclic) bond motifs is 1. The van der Waals surface area contributed by atoms with Gasteiger partial charge in [-0.1, -0.05) is 49.9 Å². The first-order chi connectivity index (χ1) is 26.1. The average Bonchev–Trinajstić information content (AvgIpc) is 3.66. The number of ether oxygens (including phenoxy) is 1. The number of phosphoric ester groups is 3. The predicted octanol–water partition coefficient (Wildman–Crippen LogP) is 0.187. The van der Waals surface area contributed by atoms with Gasteiger partial charge in [-0.05, 0) is 6.92 Å². The van der Waals surface area contributed by atoms with E-state index in [0.717, 1.165) is 29.0 Å². The summed E-state index contributed by atoms with van der Waals surface area (Å²) >= 11 is 1.05. The van der Waals surface area contributed by atoms with Crippen molar-refractivity contribution in [2.45, 2.75) is 64.3 Å². The van der Waals surface area contributed by atoms with E-state index in [1.807, 2.05) is 13.0 Å². The quantitative estimate of drug-likeness (QED) is 0.0433. The van der Waals surface area contributed by atoms with E-state index in [-0.39, 0.29) is 48.0 Å². The fourth-order valence-electron chi connectivity index (χ4n) is 4.71. The van der Waals surface area contributed by atoms with Gasteiger partial charge < -0.3 is 50.9 Å². The van der Waals surface area contributed by atoms with Gasteiger partial charge in [-0.25, -0.2) is 28.6 Å². The van der Waals surface area contributed by atoms with Crippen molar-refractivity contribution < 1.29 is 80.5 Å². The molecule has 3 heterocycles. The van der Waals surface area contributed by atoms with Gasteiger partial charge in [-0.2, -0.15) is 4.31 Å². The molecule has 7 unspecified atom stereocenters. The Kier molecular flexibility index (Phi) is 17.5. The second-order valence-corrected chi connectivity index (χ2v) is 17.8. The lowest BCUT2D eigenvalue weighted by Gasteiger charge is -2.30. The molecule has 2 amide bonds. The van der Waals surface area contributed by atoms with E-state index < -0.39 is 84.6 Å². The summed E-state index contributed by atoms with van der Waals surface area (Å²) in [7, 11) is -16.4. The molecule has 2 aromatic heterocycles. The largest absolute Gasteiger partial charge is 0.481 e. The number of carbonyl (C=O) groups is 3. The highest BCUT2D eigenvalue weighted by atomic mass is 32.2. The van der Waals surface area contributed by atoms with Crippen LogP contribution in [0, 0.1) is 5.41 Å². The number of nitrogens with two attached hydrogens (primary N) is 1. The molecule has 2 aromatic rings. The van der Waals surface area contributed by atoms with Crippen LogP contribution in [0.15, 0.2) is 37.0 Å². The number of anilines is 1. The van der Waals surface area contributed by atoms with Gasteiger partial charge in [-0.3, -0.25) is 32.5 Å². The van der Waals surface area contributed by atoms with E-state index in [1.54, 1.807) is 18.2 Å². The van der Waals surface area contributed by atoms with Gasteiger partial charge >= 0.3 is 23.5 Å². The molecule has 314 valence electrons. The van der Waals surface area contributed by atoms with Gasteiger partial charge in [0.1, 0.15) is 36.3 Å². The molecule has 1 aliphatic rings. The number of carbonyl (C=O) groups excluding carboxylic acids is 3. The summed E-state index contributed by atoms with van der Waals surface area (Å²) in [6.45, 7) is 2.32. The molecule has 24 nitrogen and oxygen atoms in total. The molecule has 7 atom stereocenters. The Bertz CT molecular complexity index is 1890. The van der Waals surface area contributed by atoms with Crippen LogP contribution in [0.1, 0.15) is 39.8 Å². The molecule has 0 aliphatic carbocycles. The van der Waals surface area contributed by atoms with E-state index in [9.17, 15) is 57.9 Å². The van der Waals surface area contributed by atoms with Gasteiger partial charge in [0.15, 0.2) is 22.8 Å². The van der Waals surface area contributed by atoms with Crippen LogP contribution in [0.2, 0.25) is 0 Å². The summed E-state index contributed by atoms with van der Waals surface area (Å²) in [5, 5.41) is 26.3. The van der Waals surface area contributed by atoms with Crippen molar-refractivity contribution in [2.24, 2.45) is 5.41 Å². The highest BCUT2D eigenvalue weighted by Crippen LogP contribution is 2.61. The maximum atomic E-state index is 12.7. The molecule has 0 radical (unpaired) electrons. The third-order valence-electron chi connectivity index (χ3n) is 7.49. The molecule has 10 N–H and O–H groups in total. The van der Waals surface area contributed by atoms with Crippen molar-refractivity contribution in [1.82, 2.24) is 30.2 Å². The standard InChI is InChI=1S/C28H44N7O17P3S/c1-4-5-6-7-8-19(37)56-12-11-30-18(36)9-10-31-26(40)23(39)28(2,3)14-49-55(46,47)52-54(44,45)48-13-17-22(51-53(41,42)43)21(38)27(50-17)35-16-34-20-24(29)32-15-33-25(20)35/h4-7,15-17,21-23,27,38-39H,8-14H2,1-3H3,(H,30,36)(H,31,40)(H,44,45)(H,46,47)(H2,29,32,33)(H2,41,42,43)/b5-4+,7-6+. The Hall–Kier alpha value is -2.96. The van der Waals surface area contributed by atoms with Crippen LogP contribution in [-0.4, -0.2) is 123 Å². The fraction of sp³-hybridized carbons (Fsp3) is 0.571. The van der Waals surface area contributed by atoms with Crippen LogP contribution >= 0.6 is 35.2 Å². The minimum atomic E-state index is -5.57. The van der Waals surface area contributed by atoms with Gasteiger partial charge in [-0.15, -0.1) is 0 Å². The molecular weight excluding hydrogens is 831 g/mol. The Morgan fingerprint density at radius 1 is 1.07 bits per heavy atom. The van der Waals surface area contributed by atoms with E-state index in [0.29, 0.717) is 5.75 Å². The summed E-state index contributed by atoms with van der Waals surface area (Å²) in [6.07, 6.45) is 0.390. The summed E-state index contributed by atoms with van der Waals surface area (Å²) in [6, 6.07) is 0. The van der Waals surface area contributed by atoms with Crippen LogP contribution in [0.3, 0.4) is 0 Å². The van der Waals surface area contributed by atoms with Crippen LogP contribution in [0.4, 0.5) is 5.82 Å². The third-order valence-corrected chi connectivity index (χ3v) is 11.5. The van der Waals surface area contributed by atoms with Crippen LogP contribution in [0.25, 0.3) is 11.2 Å². The molecule has 1 saturated heterocycles. The van der Waals surface area contributed by atoms with Gasteiger partial charge in [0.25, 0.3) is 0 Å². The van der Waals surface area contributed by atoms with Crippen LogP contribution in [0.5, 0.6) is 0 Å². The Balaban J connectivity index is 1.48. The molecule has 28 heteroatoms. The molecule has 0 aromatic carbocycles. The van der Waals surface area contributed by atoms with Gasteiger partial charge in [0.2, 0.25) is 11.8 Å². The van der Waals surface area contributed by atoms with E-state index in [2.05, 4.69) is 34.4 Å². The number of phosphoric acid groups is 3. The summed E-state index contributed by atoms with van der Waals surface area (Å²) in [5.41, 5.74) is 4.26. The number of nitrogens with zero attached hydrogens (tertiary/aromatic N) is 4. The zero-order valence-electron chi connectivity index (χ0n) is 30.1. The number of amides is 2. The summed E-state index contributed by atoms with van der Waals surface area (Å²) < 4.78 is 62.1. The number of nitrogens with one attached hydrogen (secondary N) is 2. The first-order valence-corrected chi connectivity index (χ1v) is 21.9. The normalized spacial score (nSPS) is 21.9. The molecule has 1 fully saturated rings. The summed E-state index contributed by atoms with van der Waals surface area (Å²) in [4.78, 5) is 87.3. The Morgan fingerprint density at radius 3 is 2.45 bits per heavy atom. The lowest BCUT2D eigenvalue weighted by atomic mass is 9.87. The van der Waals surface area contributed by atoms with Gasteiger partial charge in [0, 0.05) is 37.1 Å². The van der Waals surface area contributed by atoms with Crippen molar-refractivity contribution in [1.29, 1.82) is 0 Å². The molecule has 3 rings (SSSR count). The Morgan fingerprint density at radius 2 is 1.77 bits per heavy atom. The maximum absolute atomic E-state index is 12.7. The lowest BCUT2D eigenvalue weighted by molar-refractivity contribution is -0.137. The second kappa shape index (κ2) is 20.6. The zero-order valence-corrected chi connectivity index (χ0v) is 33.6. The lowest BCUT2D eigenvalue weighted by Crippen LogP contribution is -2.46. The predicted molar refractivity (Wildman–Crippen MR) is 196 cm³/mol. The number of imidazole rings is 1. The van der Waals surface area contributed by atoms with E-state index >= 15 is 0 Å². The van der Waals surface area contributed by atoms with Gasteiger partial charge in [0.05, 0.1) is 19.5 Å². The second-order valence-electron chi connectivity index (χ2n) is 12.4. The smallest absolute Gasteiger partial charge is 0.386 e. The van der Waals surface area contributed by atoms with Crippen LogP contribution < -0.4 is 16.4 Å². The monoisotopic (exact) mass is 875 g/mol. The number of hydrogen-bond acceptors (Lipinski definition) is 18. The number of aromatic nitrogens is 4. The number of aliphatic hydroxyl groups is 2. The van der Waals surface area contributed by atoms with Crippen molar-refractivity contribution >= 4 is 69.1 Å². The Labute approximate surface area is 323 Å². The third kappa shape index (κ3) is 14.8. The van der Waals surface area contributed by atoms with Crippen LogP contribution in [-0.2, 0) is 50.7 Å². The number of allylic oxidation sites excluding steroid dienone is 4. The minimum absolute atomic E-state index is 0.0296. The minimum Gasteiger partial charge on any atom is -0.386 e. The van der Waals surface area contributed by atoms with Crippen molar-refractivity contribution in [3.8, 4) is 0 Å². The molecule has 56 heavy (non-hydrogen) atoms. The highest BCUT2D eigenvalue weighted by molar-refractivity contribution is 8.13. The summed E-state index contributed by atoms with van der Waals surface area (Å²) in [5.74, 6) is -1.13. The number of rotatable bonds is 22. The van der Waals surface area contributed by atoms with E-state index in [1.165, 1.54) is 13.8 Å². The topological polar surface area (TPSA) is 364 Å². The maximum Gasteiger partial charge on any atom is 0.481 e. The SMILES string of the molecule is C/C=C/C=C/CC(=O)SCCNC(=O)CCNC(=O)C(O)C(C)(C)COP(=O)(O)OP(=O)(O)OCC1OC(n2cnc3c(N)ncnc32)C(O)C1OP(=O)(O)O. The number of hydrogen-bond donors (Lipinski definition) is 9. The first kappa shape index (κ1) is 47.4. The zero-order chi connectivity index (χ0) is 41.9. The molecule has 0 bridgehead atoms. The number of nitrogen functional groups attached to an aromatic ring is 1. The first-order valence-electron chi connectivity index (χ1n) is 16.4. The average molecular weight is 876 g/mol. The number of aliphatic hydroxyl groups excluding tert-OH is 2. The number of thioether (sulfide) groups is 1. The molecule has 0 saturated carbocycles. The van der Waals surface area contributed by atoms with E-state index in [4.69, 9.17) is 19.5 Å². The van der Waals surface area contributed by atoms with Crippen molar-refractivity contribution in [2.75, 3.05) is 37.8 Å². The molecule has 1 aliphatic heterocycles. The van der Waals surface area contributed by atoms with Crippen molar-refractivity contribution in [3.05, 3.63) is 37.0 Å².